The van der Waals surface area contributed by atoms with E-state index in [1.54, 1.807) is 0 Å². The van der Waals surface area contributed by atoms with Gasteiger partial charge in [0.15, 0.2) is 0 Å². The molecular formula is C24H32N4O. The summed E-state index contributed by atoms with van der Waals surface area (Å²) >= 11 is 0. The molecule has 154 valence electrons. The van der Waals surface area contributed by atoms with E-state index in [0.717, 1.165) is 62.7 Å². The van der Waals surface area contributed by atoms with Crippen molar-refractivity contribution in [3.8, 4) is 0 Å². The first kappa shape index (κ1) is 18.9. The highest BCUT2D eigenvalue weighted by Crippen LogP contribution is 2.41. The quantitative estimate of drug-likeness (QED) is 0.799. The molecule has 1 aromatic carbocycles. The number of carbonyl (C=O) groups is 1. The lowest BCUT2D eigenvalue weighted by Gasteiger charge is -2.45. The fraction of sp³-hybridized carbons (Fsp3) is 0.583. The minimum atomic E-state index is 0.0197. The van der Waals surface area contributed by atoms with Crippen LogP contribution in [0.3, 0.4) is 0 Å². The zero-order valence-corrected chi connectivity index (χ0v) is 17.9. The Morgan fingerprint density at radius 2 is 1.79 bits per heavy atom. The van der Waals surface area contributed by atoms with E-state index in [1.807, 2.05) is 18.1 Å². The molecule has 5 nitrogen and oxygen atoms in total. The van der Waals surface area contributed by atoms with Crippen molar-refractivity contribution < 1.29 is 4.79 Å². The van der Waals surface area contributed by atoms with Gasteiger partial charge in [-0.2, -0.15) is 5.10 Å². The number of aromatic nitrogens is 2. The minimum absolute atomic E-state index is 0.0197. The second kappa shape index (κ2) is 6.98. The highest BCUT2D eigenvalue weighted by atomic mass is 16.2. The van der Waals surface area contributed by atoms with Gasteiger partial charge in [-0.05, 0) is 64.1 Å². The molecule has 1 saturated heterocycles. The number of likely N-dealkylation sites (tertiary alicyclic amines) is 1. The van der Waals surface area contributed by atoms with Crippen LogP contribution in [0.4, 0.5) is 0 Å². The Morgan fingerprint density at radius 3 is 2.45 bits per heavy atom. The van der Waals surface area contributed by atoms with Crippen LogP contribution in [-0.4, -0.2) is 52.2 Å². The standard InChI is InChI=1S/C24H32N4O/c1-17-10-18(2)12-20(11-17)13-27-8-6-24(7-9-27)16-26(3)23(29)21-15-28(25-22(21)24)14-19-4-5-19/h10-12,15,19H,4-9,13-14,16H2,1-3H3. The number of amides is 1. The summed E-state index contributed by atoms with van der Waals surface area (Å²) in [7, 11) is 1.95. The van der Waals surface area contributed by atoms with E-state index in [4.69, 9.17) is 5.10 Å². The van der Waals surface area contributed by atoms with Gasteiger partial charge in [-0.1, -0.05) is 29.3 Å². The van der Waals surface area contributed by atoms with Gasteiger partial charge in [-0.3, -0.25) is 14.4 Å². The molecule has 2 aliphatic heterocycles. The second-order valence-corrected chi connectivity index (χ2v) is 9.77. The Labute approximate surface area is 173 Å². The van der Waals surface area contributed by atoms with E-state index in [0.29, 0.717) is 0 Å². The van der Waals surface area contributed by atoms with Gasteiger partial charge in [0.2, 0.25) is 0 Å². The Morgan fingerprint density at radius 1 is 1.10 bits per heavy atom. The van der Waals surface area contributed by atoms with E-state index >= 15 is 0 Å². The summed E-state index contributed by atoms with van der Waals surface area (Å²) in [6.45, 7) is 9.26. The molecule has 5 heteroatoms. The molecule has 0 radical (unpaired) electrons. The van der Waals surface area contributed by atoms with Gasteiger partial charge in [0.05, 0.1) is 11.3 Å². The molecular weight excluding hydrogens is 360 g/mol. The number of likely N-dealkylation sites (N-methyl/N-ethyl adjacent to an activating group) is 1. The molecule has 1 aromatic heterocycles. The molecule has 5 rings (SSSR count). The zero-order valence-electron chi connectivity index (χ0n) is 17.9. The fourth-order valence-corrected chi connectivity index (χ4v) is 5.39. The van der Waals surface area contributed by atoms with E-state index in [2.05, 4.69) is 41.6 Å². The van der Waals surface area contributed by atoms with Crippen molar-refractivity contribution in [2.75, 3.05) is 26.7 Å². The average Bonchev–Trinajstić information content (AvgIpc) is 3.37. The van der Waals surface area contributed by atoms with Crippen molar-refractivity contribution >= 4 is 5.91 Å². The van der Waals surface area contributed by atoms with Crippen LogP contribution >= 0.6 is 0 Å². The van der Waals surface area contributed by atoms with Gasteiger partial charge >= 0.3 is 0 Å². The van der Waals surface area contributed by atoms with Gasteiger partial charge in [0.1, 0.15) is 0 Å². The highest BCUT2D eigenvalue weighted by molar-refractivity contribution is 5.96. The maximum Gasteiger partial charge on any atom is 0.257 e. The van der Waals surface area contributed by atoms with Gasteiger partial charge in [0, 0.05) is 38.3 Å². The number of fused-ring (bicyclic) bond motifs is 2. The van der Waals surface area contributed by atoms with E-state index < -0.39 is 0 Å². The summed E-state index contributed by atoms with van der Waals surface area (Å²) in [5, 5.41) is 4.98. The smallest absolute Gasteiger partial charge is 0.257 e. The summed E-state index contributed by atoms with van der Waals surface area (Å²) in [5.74, 6) is 0.908. The summed E-state index contributed by atoms with van der Waals surface area (Å²) in [6, 6.07) is 6.85. The van der Waals surface area contributed by atoms with E-state index in [-0.39, 0.29) is 11.3 Å². The van der Waals surface area contributed by atoms with E-state index in [9.17, 15) is 4.79 Å². The second-order valence-electron chi connectivity index (χ2n) is 9.77. The van der Waals surface area contributed by atoms with Crippen LogP contribution in [0.5, 0.6) is 0 Å². The minimum Gasteiger partial charge on any atom is -0.341 e. The molecule has 0 unspecified atom stereocenters. The molecule has 1 aliphatic carbocycles. The molecule has 0 N–H and O–H groups in total. The van der Waals surface area contributed by atoms with Gasteiger partial charge in [-0.15, -0.1) is 0 Å². The first-order valence-corrected chi connectivity index (χ1v) is 11.0. The lowest BCUT2D eigenvalue weighted by Crippen LogP contribution is -2.53. The number of carbonyl (C=O) groups excluding carboxylic acids is 1. The van der Waals surface area contributed by atoms with E-state index in [1.165, 1.54) is 29.5 Å². The van der Waals surface area contributed by atoms with Crippen molar-refractivity contribution in [2.24, 2.45) is 5.92 Å². The third-order valence-electron chi connectivity index (χ3n) is 7.02. The number of nitrogens with zero attached hydrogens (tertiary/aromatic N) is 4. The number of rotatable bonds is 4. The van der Waals surface area contributed by atoms with Crippen molar-refractivity contribution in [1.29, 1.82) is 0 Å². The molecule has 3 heterocycles. The number of benzene rings is 1. The molecule has 2 aromatic rings. The van der Waals surface area contributed by atoms with Crippen LogP contribution < -0.4 is 0 Å². The number of hydrogen-bond donors (Lipinski definition) is 0. The summed E-state index contributed by atoms with van der Waals surface area (Å²) in [4.78, 5) is 17.3. The monoisotopic (exact) mass is 392 g/mol. The molecule has 1 amide bonds. The molecule has 1 saturated carbocycles. The van der Waals surface area contributed by atoms with Crippen LogP contribution in [0.2, 0.25) is 0 Å². The number of piperidine rings is 1. The van der Waals surface area contributed by atoms with Gasteiger partial charge < -0.3 is 4.90 Å². The molecule has 29 heavy (non-hydrogen) atoms. The first-order chi connectivity index (χ1) is 13.9. The Kier molecular flexibility index (Phi) is 4.54. The zero-order chi connectivity index (χ0) is 20.2. The Balaban J connectivity index is 1.34. The van der Waals surface area contributed by atoms with Crippen molar-refractivity contribution in [2.45, 2.75) is 58.0 Å². The highest BCUT2D eigenvalue weighted by Gasteiger charge is 2.46. The van der Waals surface area contributed by atoms with Crippen LogP contribution in [0.1, 0.15) is 58.4 Å². The summed E-state index contributed by atoms with van der Waals surface area (Å²) < 4.78 is 2.06. The van der Waals surface area contributed by atoms with Gasteiger partial charge in [0.25, 0.3) is 5.91 Å². The number of aryl methyl sites for hydroxylation is 2. The Bertz CT molecular complexity index is 914. The molecule has 0 bridgehead atoms. The topological polar surface area (TPSA) is 41.4 Å². The fourth-order valence-electron chi connectivity index (χ4n) is 5.39. The number of hydrogen-bond acceptors (Lipinski definition) is 3. The predicted molar refractivity (Wildman–Crippen MR) is 114 cm³/mol. The predicted octanol–water partition coefficient (Wildman–Crippen LogP) is 3.53. The largest absolute Gasteiger partial charge is 0.341 e. The third-order valence-corrected chi connectivity index (χ3v) is 7.02. The third kappa shape index (κ3) is 3.61. The van der Waals surface area contributed by atoms with Crippen LogP contribution in [-0.2, 0) is 18.5 Å². The van der Waals surface area contributed by atoms with Crippen molar-refractivity contribution in [1.82, 2.24) is 19.6 Å². The lowest BCUT2D eigenvalue weighted by molar-refractivity contribution is 0.0628. The average molecular weight is 393 g/mol. The maximum atomic E-state index is 12.8. The SMILES string of the molecule is Cc1cc(C)cc(CN2CCC3(CC2)CN(C)C(=O)c2cn(CC4CC4)nc23)c1. The maximum absolute atomic E-state index is 12.8. The molecule has 0 atom stereocenters. The van der Waals surface area contributed by atoms with Gasteiger partial charge in [-0.25, -0.2) is 0 Å². The molecule has 3 aliphatic rings. The Hall–Kier alpha value is -2.14. The molecule has 2 fully saturated rings. The summed E-state index contributed by atoms with van der Waals surface area (Å²) in [6.07, 6.45) is 6.77. The summed E-state index contributed by atoms with van der Waals surface area (Å²) in [5.41, 5.74) is 6.03. The molecule has 1 spiro atoms. The van der Waals surface area contributed by atoms with Crippen LogP contribution in [0, 0.1) is 19.8 Å². The van der Waals surface area contributed by atoms with Crippen molar-refractivity contribution in [3.05, 3.63) is 52.3 Å². The van der Waals surface area contributed by atoms with Crippen LogP contribution in [0.25, 0.3) is 0 Å². The lowest BCUT2D eigenvalue weighted by atomic mass is 9.72. The van der Waals surface area contributed by atoms with Crippen molar-refractivity contribution in [3.63, 3.8) is 0 Å². The van der Waals surface area contributed by atoms with Crippen LogP contribution in [0.15, 0.2) is 24.4 Å². The normalized spacial score (nSPS) is 21.6. The first-order valence-electron chi connectivity index (χ1n) is 11.0.